The molecule has 0 fully saturated rings. The van der Waals surface area contributed by atoms with Gasteiger partial charge in [-0.25, -0.2) is 0 Å². The Bertz CT molecular complexity index is 361. The van der Waals surface area contributed by atoms with E-state index in [1.165, 1.54) is 0 Å². The SMILES string of the molecule is CCC(C)Nc1ccccc1C(=O)N(C)C. The van der Waals surface area contributed by atoms with Crippen LogP contribution in [0.1, 0.15) is 30.6 Å². The highest BCUT2D eigenvalue weighted by Crippen LogP contribution is 2.17. The van der Waals surface area contributed by atoms with Crippen LogP contribution in [0, 0.1) is 0 Å². The Morgan fingerprint density at radius 1 is 1.38 bits per heavy atom. The quantitative estimate of drug-likeness (QED) is 0.846. The van der Waals surface area contributed by atoms with Crippen molar-refractivity contribution in [1.29, 1.82) is 0 Å². The van der Waals surface area contributed by atoms with Crippen LogP contribution in [0.5, 0.6) is 0 Å². The molecule has 3 heteroatoms. The lowest BCUT2D eigenvalue weighted by molar-refractivity contribution is 0.0828. The number of anilines is 1. The first-order chi connectivity index (χ1) is 7.56. The number of carbonyl (C=O) groups is 1. The molecule has 0 saturated carbocycles. The van der Waals surface area contributed by atoms with Crippen molar-refractivity contribution in [3.8, 4) is 0 Å². The fourth-order valence-corrected chi connectivity index (χ4v) is 1.40. The molecule has 0 heterocycles. The summed E-state index contributed by atoms with van der Waals surface area (Å²) >= 11 is 0. The van der Waals surface area contributed by atoms with Gasteiger partial charge in [-0.3, -0.25) is 4.79 Å². The molecule has 1 aromatic carbocycles. The summed E-state index contributed by atoms with van der Waals surface area (Å²) in [5, 5.41) is 3.35. The molecule has 0 spiro atoms. The molecule has 1 amide bonds. The van der Waals surface area contributed by atoms with Crippen LogP contribution >= 0.6 is 0 Å². The van der Waals surface area contributed by atoms with Crippen molar-refractivity contribution < 1.29 is 4.79 Å². The first-order valence-electron chi connectivity index (χ1n) is 5.63. The second kappa shape index (κ2) is 5.54. The van der Waals surface area contributed by atoms with Gasteiger partial charge in [-0.05, 0) is 25.5 Å². The van der Waals surface area contributed by atoms with E-state index in [-0.39, 0.29) is 5.91 Å². The maximum atomic E-state index is 11.9. The second-order valence-electron chi connectivity index (χ2n) is 4.20. The average molecular weight is 220 g/mol. The summed E-state index contributed by atoms with van der Waals surface area (Å²) in [5.74, 6) is 0.0337. The van der Waals surface area contributed by atoms with E-state index in [1.54, 1.807) is 19.0 Å². The predicted octanol–water partition coefficient (Wildman–Crippen LogP) is 2.60. The minimum absolute atomic E-state index is 0.0337. The second-order valence-corrected chi connectivity index (χ2v) is 4.20. The molecule has 0 aliphatic rings. The summed E-state index contributed by atoms with van der Waals surface area (Å²) in [4.78, 5) is 13.5. The highest BCUT2D eigenvalue weighted by molar-refractivity contribution is 5.99. The molecule has 0 aliphatic heterocycles. The van der Waals surface area contributed by atoms with Crippen LogP contribution in [0.3, 0.4) is 0 Å². The van der Waals surface area contributed by atoms with Crippen molar-refractivity contribution in [3.63, 3.8) is 0 Å². The Hall–Kier alpha value is -1.51. The number of rotatable bonds is 4. The normalized spacial score (nSPS) is 12.0. The van der Waals surface area contributed by atoms with E-state index in [0.29, 0.717) is 6.04 Å². The van der Waals surface area contributed by atoms with Crippen LogP contribution in [0.4, 0.5) is 5.69 Å². The fourth-order valence-electron chi connectivity index (χ4n) is 1.40. The lowest BCUT2D eigenvalue weighted by Gasteiger charge is -2.18. The lowest BCUT2D eigenvalue weighted by atomic mass is 10.1. The van der Waals surface area contributed by atoms with Gasteiger partial charge in [0.05, 0.1) is 5.56 Å². The third kappa shape index (κ3) is 2.99. The van der Waals surface area contributed by atoms with Gasteiger partial charge in [-0.15, -0.1) is 0 Å². The standard InChI is InChI=1S/C13H20N2O/c1-5-10(2)14-12-9-7-6-8-11(12)13(16)15(3)4/h6-10,14H,5H2,1-4H3. The van der Waals surface area contributed by atoms with Gasteiger partial charge in [0.25, 0.3) is 5.91 Å². The fraction of sp³-hybridized carbons (Fsp3) is 0.462. The summed E-state index contributed by atoms with van der Waals surface area (Å²) in [6.45, 7) is 4.23. The number of hydrogen-bond donors (Lipinski definition) is 1. The topological polar surface area (TPSA) is 32.3 Å². The maximum absolute atomic E-state index is 11.9. The van der Waals surface area contributed by atoms with E-state index in [4.69, 9.17) is 0 Å². The van der Waals surface area contributed by atoms with E-state index in [1.807, 2.05) is 24.3 Å². The summed E-state index contributed by atoms with van der Waals surface area (Å²) in [5.41, 5.74) is 1.64. The molecule has 0 aromatic heterocycles. The molecule has 3 nitrogen and oxygen atoms in total. The Morgan fingerprint density at radius 3 is 2.56 bits per heavy atom. The Labute approximate surface area is 97.5 Å². The zero-order valence-corrected chi connectivity index (χ0v) is 10.4. The first-order valence-corrected chi connectivity index (χ1v) is 5.63. The monoisotopic (exact) mass is 220 g/mol. The highest BCUT2D eigenvalue weighted by atomic mass is 16.2. The van der Waals surface area contributed by atoms with E-state index in [9.17, 15) is 4.79 Å². The van der Waals surface area contributed by atoms with E-state index < -0.39 is 0 Å². The molecule has 1 aromatic rings. The number of para-hydroxylation sites is 1. The van der Waals surface area contributed by atoms with Gasteiger partial charge in [-0.1, -0.05) is 19.1 Å². The zero-order chi connectivity index (χ0) is 12.1. The minimum Gasteiger partial charge on any atom is -0.382 e. The van der Waals surface area contributed by atoms with Crippen molar-refractivity contribution in [1.82, 2.24) is 4.90 Å². The van der Waals surface area contributed by atoms with Crippen molar-refractivity contribution >= 4 is 11.6 Å². The number of hydrogen-bond acceptors (Lipinski definition) is 2. The average Bonchev–Trinajstić information content (AvgIpc) is 2.28. The van der Waals surface area contributed by atoms with Crippen LogP contribution < -0.4 is 5.32 Å². The molecule has 16 heavy (non-hydrogen) atoms. The Kier molecular flexibility index (Phi) is 4.35. The number of benzene rings is 1. The van der Waals surface area contributed by atoms with Gasteiger partial charge in [-0.2, -0.15) is 0 Å². The van der Waals surface area contributed by atoms with Gasteiger partial charge >= 0.3 is 0 Å². The minimum atomic E-state index is 0.0337. The highest BCUT2D eigenvalue weighted by Gasteiger charge is 2.13. The van der Waals surface area contributed by atoms with Gasteiger partial charge in [0.1, 0.15) is 0 Å². The van der Waals surface area contributed by atoms with Gasteiger partial charge in [0, 0.05) is 25.8 Å². The van der Waals surface area contributed by atoms with E-state index in [2.05, 4.69) is 19.2 Å². The van der Waals surface area contributed by atoms with E-state index in [0.717, 1.165) is 17.7 Å². The van der Waals surface area contributed by atoms with Gasteiger partial charge < -0.3 is 10.2 Å². The summed E-state index contributed by atoms with van der Waals surface area (Å²) < 4.78 is 0. The van der Waals surface area contributed by atoms with Crippen molar-refractivity contribution in [2.45, 2.75) is 26.3 Å². The molecule has 0 bridgehead atoms. The summed E-state index contributed by atoms with van der Waals surface area (Å²) in [6, 6.07) is 8.00. The van der Waals surface area contributed by atoms with Crippen molar-refractivity contribution in [3.05, 3.63) is 29.8 Å². The van der Waals surface area contributed by atoms with Gasteiger partial charge in [0.2, 0.25) is 0 Å². The Morgan fingerprint density at radius 2 is 2.00 bits per heavy atom. The maximum Gasteiger partial charge on any atom is 0.255 e. The molecular formula is C13H20N2O. The molecule has 0 aliphatic carbocycles. The third-order valence-corrected chi connectivity index (χ3v) is 2.58. The molecule has 1 N–H and O–H groups in total. The molecule has 0 saturated heterocycles. The smallest absolute Gasteiger partial charge is 0.255 e. The van der Waals surface area contributed by atoms with E-state index >= 15 is 0 Å². The molecule has 0 radical (unpaired) electrons. The zero-order valence-electron chi connectivity index (χ0n) is 10.4. The van der Waals surface area contributed by atoms with Crippen LogP contribution in [0.2, 0.25) is 0 Å². The predicted molar refractivity (Wildman–Crippen MR) is 67.8 cm³/mol. The summed E-state index contributed by atoms with van der Waals surface area (Å²) in [7, 11) is 3.53. The molecule has 1 rings (SSSR count). The number of nitrogens with zero attached hydrogens (tertiary/aromatic N) is 1. The molecular weight excluding hydrogens is 200 g/mol. The van der Waals surface area contributed by atoms with Crippen LogP contribution in [-0.4, -0.2) is 30.9 Å². The molecule has 1 unspecified atom stereocenters. The van der Waals surface area contributed by atoms with Crippen LogP contribution in [0.15, 0.2) is 24.3 Å². The molecule has 88 valence electrons. The Balaban J connectivity index is 2.96. The number of amides is 1. The van der Waals surface area contributed by atoms with Gasteiger partial charge in [0.15, 0.2) is 0 Å². The first kappa shape index (κ1) is 12.6. The summed E-state index contributed by atoms with van der Waals surface area (Å²) in [6.07, 6.45) is 1.03. The van der Waals surface area contributed by atoms with Crippen LogP contribution in [0.25, 0.3) is 0 Å². The van der Waals surface area contributed by atoms with Crippen molar-refractivity contribution in [2.75, 3.05) is 19.4 Å². The number of carbonyl (C=O) groups excluding carboxylic acids is 1. The lowest BCUT2D eigenvalue weighted by Crippen LogP contribution is -2.24. The third-order valence-electron chi connectivity index (χ3n) is 2.58. The number of nitrogens with one attached hydrogen (secondary N) is 1. The molecule has 1 atom stereocenters. The van der Waals surface area contributed by atoms with Crippen molar-refractivity contribution in [2.24, 2.45) is 0 Å². The van der Waals surface area contributed by atoms with Crippen LogP contribution in [-0.2, 0) is 0 Å². The largest absolute Gasteiger partial charge is 0.382 e.